The zero-order chi connectivity index (χ0) is 14.1. The van der Waals surface area contributed by atoms with Crippen LogP contribution in [0.1, 0.15) is 18.9 Å². The highest BCUT2D eigenvalue weighted by molar-refractivity contribution is 5.91. The molecule has 1 aromatic carbocycles. The Kier molecular flexibility index (Phi) is 6.58. The van der Waals surface area contributed by atoms with Crippen LogP contribution < -0.4 is 11.1 Å². The van der Waals surface area contributed by atoms with Gasteiger partial charge in [0.15, 0.2) is 0 Å². The van der Waals surface area contributed by atoms with Crippen LogP contribution in [0.5, 0.6) is 0 Å². The highest BCUT2D eigenvalue weighted by Crippen LogP contribution is 2.15. The molecule has 0 saturated heterocycles. The number of hydrogen-bond acceptors (Lipinski definition) is 3. The van der Waals surface area contributed by atoms with Gasteiger partial charge in [0, 0.05) is 12.2 Å². The first-order valence-corrected chi connectivity index (χ1v) is 6.03. The van der Waals surface area contributed by atoms with Crippen molar-refractivity contribution in [1.82, 2.24) is 0 Å². The molecule has 0 fully saturated rings. The molecule has 0 spiro atoms. The molecule has 3 N–H and O–H groups in total. The third-order valence-electron chi connectivity index (χ3n) is 2.16. The number of nitrogens with two attached hydrogens (primary N) is 1. The van der Waals surface area contributed by atoms with Gasteiger partial charge in [0.1, 0.15) is 12.4 Å². The number of benzene rings is 1. The lowest BCUT2D eigenvalue weighted by atomic mass is 10.2. The second-order valence-electron chi connectivity index (χ2n) is 3.80. The standard InChI is InChI=1S/C14H17FN2O2/c1-2-8-19-10-14(18)17-13-6-5-11(4-3-7-16)9-12(13)15/h5-6,9H,2,7-8,10,16H2,1H3,(H,17,18). The molecule has 0 saturated carbocycles. The van der Waals surface area contributed by atoms with Crippen LogP contribution in [0.4, 0.5) is 10.1 Å². The van der Waals surface area contributed by atoms with Gasteiger partial charge in [-0.1, -0.05) is 18.8 Å². The lowest BCUT2D eigenvalue weighted by molar-refractivity contribution is -0.120. The van der Waals surface area contributed by atoms with Gasteiger partial charge in [0.05, 0.1) is 12.2 Å². The Labute approximate surface area is 112 Å². The number of nitrogens with one attached hydrogen (secondary N) is 1. The molecule has 19 heavy (non-hydrogen) atoms. The van der Waals surface area contributed by atoms with E-state index in [0.29, 0.717) is 12.2 Å². The average molecular weight is 264 g/mol. The molecule has 0 aliphatic rings. The van der Waals surface area contributed by atoms with Gasteiger partial charge in [0.25, 0.3) is 0 Å². The minimum absolute atomic E-state index is 0.0813. The number of rotatable bonds is 5. The Hall–Kier alpha value is -1.90. The molecule has 0 aliphatic heterocycles. The fourth-order valence-corrected chi connectivity index (χ4v) is 1.34. The van der Waals surface area contributed by atoms with E-state index in [-0.39, 0.29) is 24.7 Å². The van der Waals surface area contributed by atoms with Gasteiger partial charge in [-0.05, 0) is 24.6 Å². The SMILES string of the molecule is CCCOCC(=O)Nc1ccc(C#CCN)cc1F. The Morgan fingerprint density at radius 1 is 1.53 bits per heavy atom. The van der Waals surface area contributed by atoms with Gasteiger partial charge >= 0.3 is 0 Å². The van der Waals surface area contributed by atoms with E-state index in [1.54, 1.807) is 6.07 Å². The molecule has 0 aromatic heterocycles. The summed E-state index contributed by atoms with van der Waals surface area (Å²) in [5.74, 6) is 4.43. The quantitative estimate of drug-likeness (QED) is 0.625. The van der Waals surface area contributed by atoms with Crippen LogP contribution in [0.25, 0.3) is 0 Å². The van der Waals surface area contributed by atoms with Crippen LogP contribution in [0.15, 0.2) is 18.2 Å². The summed E-state index contributed by atoms with van der Waals surface area (Å²) in [5, 5.41) is 2.44. The monoisotopic (exact) mass is 264 g/mol. The molecule has 0 heterocycles. The van der Waals surface area contributed by atoms with Crippen molar-refractivity contribution in [2.75, 3.05) is 25.1 Å². The molecular weight excluding hydrogens is 247 g/mol. The molecule has 0 radical (unpaired) electrons. The van der Waals surface area contributed by atoms with Crippen molar-refractivity contribution in [1.29, 1.82) is 0 Å². The molecule has 1 amide bonds. The van der Waals surface area contributed by atoms with Crippen molar-refractivity contribution >= 4 is 11.6 Å². The second kappa shape index (κ2) is 8.25. The van der Waals surface area contributed by atoms with Crippen LogP contribution in [0.2, 0.25) is 0 Å². The van der Waals surface area contributed by atoms with Crippen molar-refractivity contribution < 1.29 is 13.9 Å². The zero-order valence-corrected chi connectivity index (χ0v) is 10.8. The third kappa shape index (κ3) is 5.51. The molecule has 0 aliphatic carbocycles. The van der Waals surface area contributed by atoms with Crippen LogP contribution in [0, 0.1) is 17.7 Å². The zero-order valence-electron chi connectivity index (χ0n) is 10.8. The maximum Gasteiger partial charge on any atom is 0.250 e. The topological polar surface area (TPSA) is 64.3 Å². The van der Waals surface area contributed by atoms with E-state index in [2.05, 4.69) is 17.2 Å². The van der Waals surface area contributed by atoms with E-state index in [1.807, 2.05) is 6.92 Å². The van der Waals surface area contributed by atoms with E-state index in [0.717, 1.165) is 6.42 Å². The average Bonchev–Trinajstić information content (AvgIpc) is 2.39. The molecule has 1 rings (SSSR count). The van der Waals surface area contributed by atoms with Gasteiger partial charge in [-0.15, -0.1) is 0 Å². The predicted octanol–water partition coefficient (Wildman–Crippen LogP) is 1.50. The number of carbonyl (C=O) groups excluding carboxylic acids is 1. The van der Waals surface area contributed by atoms with Crippen molar-refractivity contribution in [2.24, 2.45) is 5.73 Å². The summed E-state index contributed by atoms with van der Waals surface area (Å²) in [5.41, 5.74) is 5.86. The first kappa shape index (κ1) is 15.2. The fraction of sp³-hybridized carbons (Fsp3) is 0.357. The van der Waals surface area contributed by atoms with Crippen molar-refractivity contribution in [3.05, 3.63) is 29.6 Å². The van der Waals surface area contributed by atoms with Crippen molar-refractivity contribution in [3.63, 3.8) is 0 Å². The summed E-state index contributed by atoms with van der Waals surface area (Å²) in [6.07, 6.45) is 0.830. The number of ether oxygens (including phenoxy) is 1. The summed E-state index contributed by atoms with van der Waals surface area (Å²) in [6, 6.07) is 4.34. The third-order valence-corrected chi connectivity index (χ3v) is 2.16. The summed E-state index contributed by atoms with van der Waals surface area (Å²) >= 11 is 0. The number of halogens is 1. The van der Waals surface area contributed by atoms with Gasteiger partial charge in [-0.2, -0.15) is 0 Å². The highest BCUT2D eigenvalue weighted by Gasteiger charge is 2.07. The Bertz CT molecular complexity index is 492. The van der Waals surface area contributed by atoms with E-state index in [1.165, 1.54) is 12.1 Å². The van der Waals surface area contributed by atoms with Crippen LogP contribution in [-0.2, 0) is 9.53 Å². The van der Waals surface area contributed by atoms with E-state index >= 15 is 0 Å². The molecule has 5 heteroatoms. The normalized spacial score (nSPS) is 9.63. The number of amides is 1. The summed E-state index contributed by atoms with van der Waals surface area (Å²) in [4.78, 5) is 11.4. The maximum atomic E-state index is 13.7. The van der Waals surface area contributed by atoms with E-state index in [9.17, 15) is 9.18 Å². The Morgan fingerprint density at radius 2 is 2.32 bits per heavy atom. The first-order chi connectivity index (χ1) is 9.17. The van der Waals surface area contributed by atoms with Crippen molar-refractivity contribution in [2.45, 2.75) is 13.3 Å². The molecule has 0 bridgehead atoms. The summed E-state index contributed by atoms with van der Waals surface area (Å²) in [6.45, 7) is 2.58. The largest absolute Gasteiger partial charge is 0.372 e. The minimum Gasteiger partial charge on any atom is -0.372 e. The predicted molar refractivity (Wildman–Crippen MR) is 72.1 cm³/mol. The van der Waals surface area contributed by atoms with E-state index in [4.69, 9.17) is 10.5 Å². The van der Waals surface area contributed by atoms with Crippen LogP contribution >= 0.6 is 0 Å². The Morgan fingerprint density at radius 3 is 2.95 bits per heavy atom. The molecule has 4 nitrogen and oxygen atoms in total. The lowest BCUT2D eigenvalue weighted by Crippen LogP contribution is -2.19. The van der Waals surface area contributed by atoms with Gasteiger partial charge in [-0.3, -0.25) is 4.79 Å². The molecular formula is C14H17FN2O2. The molecule has 0 atom stereocenters. The summed E-state index contributed by atoms with van der Waals surface area (Å²) in [7, 11) is 0. The molecule has 102 valence electrons. The van der Waals surface area contributed by atoms with Gasteiger partial charge in [-0.25, -0.2) is 4.39 Å². The molecule has 0 unspecified atom stereocenters. The number of anilines is 1. The second-order valence-corrected chi connectivity index (χ2v) is 3.80. The smallest absolute Gasteiger partial charge is 0.250 e. The number of hydrogen-bond donors (Lipinski definition) is 2. The minimum atomic E-state index is -0.535. The van der Waals surface area contributed by atoms with Gasteiger partial charge < -0.3 is 15.8 Å². The molecule has 1 aromatic rings. The van der Waals surface area contributed by atoms with Crippen LogP contribution in [0.3, 0.4) is 0 Å². The fourth-order valence-electron chi connectivity index (χ4n) is 1.34. The highest BCUT2D eigenvalue weighted by atomic mass is 19.1. The van der Waals surface area contributed by atoms with E-state index < -0.39 is 5.82 Å². The lowest BCUT2D eigenvalue weighted by Gasteiger charge is -2.07. The van der Waals surface area contributed by atoms with Crippen molar-refractivity contribution in [3.8, 4) is 11.8 Å². The Balaban J connectivity index is 2.62. The van der Waals surface area contributed by atoms with Gasteiger partial charge in [0.2, 0.25) is 5.91 Å². The summed E-state index contributed by atoms with van der Waals surface area (Å²) < 4.78 is 18.7. The van der Waals surface area contributed by atoms with Crippen LogP contribution in [-0.4, -0.2) is 25.7 Å². The first-order valence-electron chi connectivity index (χ1n) is 6.03. The maximum absolute atomic E-state index is 13.7. The number of carbonyl (C=O) groups is 1.